The van der Waals surface area contributed by atoms with Crippen molar-refractivity contribution in [3.05, 3.63) is 11.8 Å². The van der Waals surface area contributed by atoms with E-state index in [9.17, 15) is 13.2 Å². The molecule has 0 unspecified atom stereocenters. The van der Waals surface area contributed by atoms with Crippen LogP contribution in [0.15, 0.2) is 6.07 Å². The Labute approximate surface area is 122 Å². The Morgan fingerprint density at radius 3 is 2.29 bits per heavy atom. The first-order valence-corrected chi connectivity index (χ1v) is 7.23. The van der Waals surface area contributed by atoms with Gasteiger partial charge in [0.15, 0.2) is 5.69 Å². The topological polar surface area (TPSA) is 32.3 Å². The van der Waals surface area contributed by atoms with Gasteiger partial charge in [0.1, 0.15) is 5.82 Å². The van der Waals surface area contributed by atoms with Crippen LogP contribution < -0.4 is 9.80 Å². The maximum absolute atomic E-state index is 12.9. The molecule has 1 saturated carbocycles. The summed E-state index contributed by atoms with van der Waals surface area (Å²) in [6, 6.07) is 0.993. The summed E-state index contributed by atoms with van der Waals surface area (Å²) in [5.41, 5.74) is -0.872. The number of alkyl halides is 3. The molecule has 2 fully saturated rings. The molecular formula is C14H19F3N4. The van der Waals surface area contributed by atoms with Crippen molar-refractivity contribution in [2.24, 2.45) is 11.8 Å². The van der Waals surface area contributed by atoms with Gasteiger partial charge in [-0.15, -0.1) is 0 Å². The zero-order valence-electron chi connectivity index (χ0n) is 12.2. The average molecular weight is 300 g/mol. The number of halogens is 3. The van der Waals surface area contributed by atoms with Crippen LogP contribution in [0.25, 0.3) is 0 Å². The molecule has 3 rings (SSSR count). The molecule has 21 heavy (non-hydrogen) atoms. The molecule has 1 aliphatic carbocycles. The van der Waals surface area contributed by atoms with Crippen molar-refractivity contribution in [3.63, 3.8) is 0 Å². The van der Waals surface area contributed by atoms with Crippen molar-refractivity contribution in [2.45, 2.75) is 25.4 Å². The monoisotopic (exact) mass is 300 g/mol. The Kier molecular flexibility index (Phi) is 3.45. The van der Waals surface area contributed by atoms with Gasteiger partial charge in [-0.2, -0.15) is 18.2 Å². The lowest BCUT2D eigenvalue weighted by atomic mass is 9.73. The van der Waals surface area contributed by atoms with Gasteiger partial charge < -0.3 is 9.80 Å². The van der Waals surface area contributed by atoms with Crippen LogP contribution in [0.4, 0.5) is 24.9 Å². The van der Waals surface area contributed by atoms with Crippen molar-refractivity contribution in [1.29, 1.82) is 0 Å². The van der Waals surface area contributed by atoms with Crippen molar-refractivity contribution in [3.8, 4) is 0 Å². The fourth-order valence-electron chi connectivity index (χ4n) is 2.82. The van der Waals surface area contributed by atoms with Gasteiger partial charge in [0.25, 0.3) is 0 Å². The number of anilines is 2. The number of rotatable bonds is 3. The molecule has 0 aromatic carbocycles. The standard InChI is InChI=1S/C14H19F3N4/c1-20(2)12-6-11(14(15,16)17)18-13(19-12)21-7-10(8-21)9-4-3-5-9/h6,9-10H,3-5,7-8H2,1-2H3. The number of hydrogen-bond donors (Lipinski definition) is 0. The van der Waals surface area contributed by atoms with Crippen LogP contribution in [-0.4, -0.2) is 37.2 Å². The van der Waals surface area contributed by atoms with E-state index in [4.69, 9.17) is 0 Å². The summed E-state index contributed by atoms with van der Waals surface area (Å²) >= 11 is 0. The van der Waals surface area contributed by atoms with Gasteiger partial charge in [0.2, 0.25) is 5.95 Å². The molecule has 2 aliphatic rings. The summed E-state index contributed by atoms with van der Waals surface area (Å²) < 4.78 is 38.8. The highest BCUT2D eigenvalue weighted by atomic mass is 19.4. The summed E-state index contributed by atoms with van der Waals surface area (Å²) in [5.74, 6) is 1.84. The molecule has 0 spiro atoms. The van der Waals surface area contributed by atoms with Crippen molar-refractivity contribution in [1.82, 2.24) is 9.97 Å². The lowest BCUT2D eigenvalue weighted by Gasteiger charge is -2.46. The van der Waals surface area contributed by atoms with Crippen LogP contribution >= 0.6 is 0 Å². The van der Waals surface area contributed by atoms with Crippen LogP contribution in [0.2, 0.25) is 0 Å². The van der Waals surface area contributed by atoms with Gasteiger partial charge in [0.05, 0.1) is 0 Å². The quantitative estimate of drug-likeness (QED) is 0.859. The van der Waals surface area contributed by atoms with E-state index < -0.39 is 11.9 Å². The van der Waals surface area contributed by atoms with E-state index in [0.29, 0.717) is 11.7 Å². The van der Waals surface area contributed by atoms with E-state index in [2.05, 4.69) is 9.97 Å². The molecule has 1 aliphatic heterocycles. The average Bonchev–Trinajstić information content (AvgIpc) is 2.28. The van der Waals surface area contributed by atoms with Crippen LogP contribution in [0, 0.1) is 11.8 Å². The zero-order chi connectivity index (χ0) is 15.2. The maximum atomic E-state index is 12.9. The molecule has 0 atom stereocenters. The second kappa shape index (κ2) is 5.03. The maximum Gasteiger partial charge on any atom is 0.433 e. The largest absolute Gasteiger partial charge is 0.433 e. The molecule has 0 radical (unpaired) electrons. The van der Waals surface area contributed by atoms with Crippen LogP contribution in [-0.2, 0) is 6.18 Å². The third-order valence-corrected chi connectivity index (χ3v) is 4.46. The zero-order valence-corrected chi connectivity index (χ0v) is 12.2. The van der Waals surface area contributed by atoms with E-state index in [1.807, 2.05) is 4.90 Å². The minimum Gasteiger partial charge on any atom is -0.363 e. The SMILES string of the molecule is CN(C)c1cc(C(F)(F)F)nc(N2CC(C3CCC3)C2)n1. The first-order chi connectivity index (χ1) is 9.84. The van der Waals surface area contributed by atoms with Gasteiger partial charge in [-0.1, -0.05) is 19.3 Å². The number of hydrogen-bond acceptors (Lipinski definition) is 4. The van der Waals surface area contributed by atoms with E-state index in [1.54, 1.807) is 19.0 Å². The third kappa shape index (κ3) is 2.78. The highest BCUT2D eigenvalue weighted by Crippen LogP contribution is 2.40. The van der Waals surface area contributed by atoms with E-state index in [0.717, 1.165) is 25.1 Å². The van der Waals surface area contributed by atoms with Gasteiger partial charge in [-0.05, 0) is 11.8 Å². The molecule has 4 nitrogen and oxygen atoms in total. The second-order valence-corrected chi connectivity index (χ2v) is 6.16. The minimum atomic E-state index is -4.44. The van der Waals surface area contributed by atoms with Crippen molar-refractivity contribution in [2.75, 3.05) is 37.0 Å². The smallest absolute Gasteiger partial charge is 0.363 e. The summed E-state index contributed by atoms with van der Waals surface area (Å²) in [5, 5.41) is 0. The van der Waals surface area contributed by atoms with Gasteiger partial charge >= 0.3 is 6.18 Å². The van der Waals surface area contributed by atoms with Crippen LogP contribution in [0.1, 0.15) is 25.0 Å². The minimum absolute atomic E-state index is 0.198. The number of aromatic nitrogens is 2. The summed E-state index contributed by atoms with van der Waals surface area (Å²) in [6.45, 7) is 1.55. The highest BCUT2D eigenvalue weighted by molar-refractivity contribution is 5.47. The van der Waals surface area contributed by atoms with E-state index in [-0.39, 0.29) is 5.95 Å². The molecule has 116 valence electrons. The molecule has 0 N–H and O–H groups in total. The highest BCUT2D eigenvalue weighted by Gasteiger charge is 2.39. The molecule has 1 aromatic heterocycles. The summed E-state index contributed by atoms with van der Waals surface area (Å²) in [4.78, 5) is 11.4. The lowest BCUT2D eigenvalue weighted by molar-refractivity contribution is -0.141. The van der Waals surface area contributed by atoms with Crippen LogP contribution in [0.3, 0.4) is 0 Å². The molecule has 0 bridgehead atoms. The summed E-state index contributed by atoms with van der Waals surface area (Å²) in [6.07, 6.45) is -0.650. The van der Waals surface area contributed by atoms with E-state index >= 15 is 0 Å². The predicted molar refractivity (Wildman–Crippen MR) is 74.4 cm³/mol. The molecule has 0 amide bonds. The van der Waals surface area contributed by atoms with Crippen molar-refractivity contribution >= 4 is 11.8 Å². The Balaban J connectivity index is 1.79. The first kappa shape index (κ1) is 14.4. The fourth-order valence-corrected chi connectivity index (χ4v) is 2.82. The van der Waals surface area contributed by atoms with Crippen molar-refractivity contribution < 1.29 is 13.2 Å². The number of nitrogens with zero attached hydrogens (tertiary/aromatic N) is 4. The van der Waals surface area contributed by atoms with Gasteiger partial charge in [-0.3, -0.25) is 0 Å². The van der Waals surface area contributed by atoms with Gasteiger partial charge in [-0.25, -0.2) is 4.98 Å². The lowest BCUT2D eigenvalue weighted by Crippen LogP contribution is -2.52. The molecule has 2 heterocycles. The Bertz CT molecular complexity index is 519. The second-order valence-electron chi connectivity index (χ2n) is 6.16. The Hall–Kier alpha value is -1.53. The fraction of sp³-hybridized carbons (Fsp3) is 0.714. The summed E-state index contributed by atoms with van der Waals surface area (Å²) in [7, 11) is 3.36. The molecule has 7 heteroatoms. The molecular weight excluding hydrogens is 281 g/mol. The first-order valence-electron chi connectivity index (χ1n) is 7.23. The Morgan fingerprint density at radius 2 is 1.81 bits per heavy atom. The normalized spacial score (nSPS) is 20.1. The third-order valence-electron chi connectivity index (χ3n) is 4.46. The Morgan fingerprint density at radius 1 is 1.14 bits per heavy atom. The molecule has 1 saturated heterocycles. The van der Waals surface area contributed by atoms with Crippen LogP contribution in [0.5, 0.6) is 0 Å². The molecule has 1 aromatic rings. The predicted octanol–water partition coefficient (Wildman–Crippen LogP) is 2.80. The van der Waals surface area contributed by atoms with E-state index in [1.165, 1.54) is 19.3 Å². The van der Waals surface area contributed by atoms with Gasteiger partial charge in [0, 0.05) is 33.3 Å².